The standard InChI is InChI=1S/C11H13FO/c1-7-6-9(4-5-10(7)12)11(13)8-2-3-8/h4-6,8,11,13H,2-3H2,1H3. The molecule has 1 aromatic carbocycles. The molecule has 0 aliphatic heterocycles. The fourth-order valence-electron chi connectivity index (χ4n) is 1.54. The molecule has 70 valence electrons. The number of aryl methyl sites for hydroxylation is 1. The van der Waals surface area contributed by atoms with Crippen LogP contribution in [0.3, 0.4) is 0 Å². The second-order valence-electron chi connectivity index (χ2n) is 3.79. The maximum Gasteiger partial charge on any atom is 0.126 e. The average molecular weight is 180 g/mol. The predicted molar refractivity (Wildman–Crippen MR) is 48.8 cm³/mol. The van der Waals surface area contributed by atoms with Crippen molar-refractivity contribution in [3.63, 3.8) is 0 Å². The molecule has 1 aliphatic carbocycles. The van der Waals surface area contributed by atoms with E-state index in [-0.39, 0.29) is 11.9 Å². The van der Waals surface area contributed by atoms with Gasteiger partial charge in [0, 0.05) is 0 Å². The Hall–Kier alpha value is -0.890. The monoisotopic (exact) mass is 180 g/mol. The summed E-state index contributed by atoms with van der Waals surface area (Å²) in [6, 6.07) is 4.83. The van der Waals surface area contributed by atoms with Crippen molar-refractivity contribution in [2.24, 2.45) is 5.92 Å². The minimum atomic E-state index is -0.390. The minimum Gasteiger partial charge on any atom is -0.388 e. The van der Waals surface area contributed by atoms with Gasteiger partial charge in [0.05, 0.1) is 6.10 Å². The first-order valence-corrected chi connectivity index (χ1v) is 4.62. The molecule has 0 amide bonds. The van der Waals surface area contributed by atoms with Crippen LogP contribution in [0.1, 0.15) is 30.1 Å². The Morgan fingerprint density at radius 2 is 2.15 bits per heavy atom. The molecule has 13 heavy (non-hydrogen) atoms. The second kappa shape index (κ2) is 3.11. The van der Waals surface area contributed by atoms with Crippen LogP contribution in [-0.2, 0) is 0 Å². The lowest BCUT2D eigenvalue weighted by atomic mass is 10.0. The zero-order valence-corrected chi connectivity index (χ0v) is 7.63. The molecule has 1 unspecified atom stereocenters. The molecule has 0 aromatic heterocycles. The summed E-state index contributed by atoms with van der Waals surface area (Å²) >= 11 is 0. The Morgan fingerprint density at radius 1 is 1.46 bits per heavy atom. The van der Waals surface area contributed by atoms with Crippen molar-refractivity contribution < 1.29 is 9.50 Å². The van der Waals surface area contributed by atoms with Crippen molar-refractivity contribution in [3.05, 3.63) is 35.1 Å². The van der Waals surface area contributed by atoms with Gasteiger partial charge in [0.15, 0.2) is 0 Å². The van der Waals surface area contributed by atoms with Gasteiger partial charge in [0.2, 0.25) is 0 Å². The van der Waals surface area contributed by atoms with Crippen LogP contribution in [0.2, 0.25) is 0 Å². The van der Waals surface area contributed by atoms with Crippen molar-refractivity contribution in [2.45, 2.75) is 25.9 Å². The van der Waals surface area contributed by atoms with E-state index in [4.69, 9.17) is 0 Å². The molecule has 1 atom stereocenters. The quantitative estimate of drug-likeness (QED) is 0.741. The molecule has 0 radical (unpaired) electrons. The van der Waals surface area contributed by atoms with E-state index in [0.29, 0.717) is 11.5 Å². The zero-order valence-electron chi connectivity index (χ0n) is 7.63. The molecule has 2 heteroatoms. The highest BCUT2D eigenvalue weighted by atomic mass is 19.1. The van der Waals surface area contributed by atoms with E-state index in [1.807, 2.05) is 0 Å². The second-order valence-corrected chi connectivity index (χ2v) is 3.79. The molecule has 1 aromatic rings. The Balaban J connectivity index is 2.24. The molecular weight excluding hydrogens is 167 g/mol. The van der Waals surface area contributed by atoms with E-state index in [1.165, 1.54) is 6.07 Å². The van der Waals surface area contributed by atoms with Crippen LogP contribution in [0.15, 0.2) is 18.2 Å². The lowest BCUT2D eigenvalue weighted by molar-refractivity contribution is 0.153. The van der Waals surface area contributed by atoms with Crippen LogP contribution >= 0.6 is 0 Å². The molecule has 0 heterocycles. The van der Waals surface area contributed by atoms with Crippen LogP contribution in [0.4, 0.5) is 4.39 Å². The highest BCUT2D eigenvalue weighted by molar-refractivity contribution is 5.26. The van der Waals surface area contributed by atoms with Gasteiger partial charge in [-0.1, -0.05) is 12.1 Å². The van der Waals surface area contributed by atoms with Gasteiger partial charge in [-0.15, -0.1) is 0 Å². The SMILES string of the molecule is Cc1cc(C(O)C2CC2)ccc1F. The van der Waals surface area contributed by atoms with E-state index < -0.39 is 0 Å². The van der Waals surface area contributed by atoms with Crippen molar-refractivity contribution in [3.8, 4) is 0 Å². The van der Waals surface area contributed by atoms with Gasteiger partial charge in [0.1, 0.15) is 5.82 Å². The summed E-state index contributed by atoms with van der Waals surface area (Å²) in [5.74, 6) is 0.205. The number of halogens is 1. The van der Waals surface area contributed by atoms with Gasteiger partial charge >= 0.3 is 0 Å². The van der Waals surface area contributed by atoms with Gasteiger partial charge in [0.25, 0.3) is 0 Å². The van der Waals surface area contributed by atoms with Crippen LogP contribution in [0, 0.1) is 18.7 Å². The lowest BCUT2D eigenvalue weighted by Crippen LogP contribution is -2.00. The molecule has 1 fully saturated rings. The van der Waals surface area contributed by atoms with Crippen LogP contribution in [-0.4, -0.2) is 5.11 Å². The fraction of sp³-hybridized carbons (Fsp3) is 0.455. The topological polar surface area (TPSA) is 20.2 Å². The minimum absolute atomic E-state index is 0.202. The smallest absolute Gasteiger partial charge is 0.126 e. The molecule has 0 bridgehead atoms. The molecule has 2 rings (SSSR count). The summed E-state index contributed by atoms with van der Waals surface area (Å²) in [4.78, 5) is 0. The summed E-state index contributed by atoms with van der Waals surface area (Å²) in [5.41, 5.74) is 1.46. The number of hydrogen-bond donors (Lipinski definition) is 1. The highest BCUT2D eigenvalue weighted by Crippen LogP contribution is 2.40. The van der Waals surface area contributed by atoms with Gasteiger partial charge in [-0.25, -0.2) is 4.39 Å². The van der Waals surface area contributed by atoms with Gasteiger partial charge in [-0.3, -0.25) is 0 Å². The first-order valence-electron chi connectivity index (χ1n) is 4.62. The first-order chi connectivity index (χ1) is 6.18. The largest absolute Gasteiger partial charge is 0.388 e. The van der Waals surface area contributed by atoms with E-state index in [0.717, 1.165) is 18.4 Å². The van der Waals surface area contributed by atoms with E-state index in [2.05, 4.69) is 0 Å². The Bertz CT molecular complexity index is 318. The Morgan fingerprint density at radius 3 is 2.69 bits per heavy atom. The van der Waals surface area contributed by atoms with Crippen molar-refractivity contribution in [1.82, 2.24) is 0 Å². The van der Waals surface area contributed by atoms with Crippen molar-refractivity contribution in [1.29, 1.82) is 0 Å². The lowest BCUT2D eigenvalue weighted by Gasteiger charge is -2.10. The predicted octanol–water partition coefficient (Wildman–Crippen LogP) is 2.58. The van der Waals surface area contributed by atoms with Gasteiger partial charge < -0.3 is 5.11 Å². The first kappa shape index (κ1) is 8.70. The molecule has 0 saturated heterocycles. The van der Waals surface area contributed by atoms with Crippen LogP contribution in [0.5, 0.6) is 0 Å². The normalized spacial score (nSPS) is 18.7. The number of benzene rings is 1. The van der Waals surface area contributed by atoms with E-state index in [1.54, 1.807) is 19.1 Å². The van der Waals surface area contributed by atoms with E-state index >= 15 is 0 Å². The molecule has 0 spiro atoms. The molecule has 1 N–H and O–H groups in total. The third-order valence-electron chi connectivity index (χ3n) is 2.59. The highest BCUT2D eigenvalue weighted by Gasteiger charge is 2.30. The van der Waals surface area contributed by atoms with Crippen LogP contribution in [0.25, 0.3) is 0 Å². The number of aliphatic hydroxyl groups is 1. The maximum absolute atomic E-state index is 12.9. The van der Waals surface area contributed by atoms with Gasteiger partial charge in [-0.05, 0) is 42.9 Å². The van der Waals surface area contributed by atoms with E-state index in [9.17, 15) is 9.50 Å². The van der Waals surface area contributed by atoms with Crippen molar-refractivity contribution in [2.75, 3.05) is 0 Å². The average Bonchev–Trinajstić information content (AvgIpc) is 2.91. The van der Waals surface area contributed by atoms with Gasteiger partial charge in [-0.2, -0.15) is 0 Å². The molecule has 1 aliphatic rings. The zero-order chi connectivity index (χ0) is 9.42. The van der Waals surface area contributed by atoms with Crippen LogP contribution < -0.4 is 0 Å². The third-order valence-corrected chi connectivity index (χ3v) is 2.59. The molecular formula is C11H13FO. The summed E-state index contributed by atoms with van der Waals surface area (Å²) in [6.07, 6.45) is 1.80. The fourth-order valence-corrected chi connectivity index (χ4v) is 1.54. The van der Waals surface area contributed by atoms with Crippen molar-refractivity contribution >= 4 is 0 Å². The Kier molecular flexibility index (Phi) is 2.08. The molecule has 1 nitrogen and oxygen atoms in total. The third kappa shape index (κ3) is 1.73. The number of hydrogen-bond acceptors (Lipinski definition) is 1. The Labute approximate surface area is 77.2 Å². The number of aliphatic hydroxyl groups excluding tert-OH is 1. The maximum atomic E-state index is 12.9. The summed E-state index contributed by atoms with van der Waals surface area (Å²) in [7, 11) is 0. The summed E-state index contributed by atoms with van der Waals surface area (Å²) < 4.78 is 12.9. The summed E-state index contributed by atoms with van der Waals surface area (Å²) in [6.45, 7) is 1.72. The summed E-state index contributed by atoms with van der Waals surface area (Å²) in [5, 5.41) is 9.75. The number of rotatable bonds is 2. The molecule has 1 saturated carbocycles.